The molecule has 1 heterocycles. The number of hydrogen-bond donors (Lipinski definition) is 2. The van der Waals surface area contributed by atoms with Crippen molar-refractivity contribution in [2.75, 3.05) is 19.0 Å². The van der Waals surface area contributed by atoms with Gasteiger partial charge in [-0.3, -0.25) is 4.79 Å². The van der Waals surface area contributed by atoms with E-state index < -0.39 is 0 Å². The molecule has 6 heteroatoms. The summed E-state index contributed by atoms with van der Waals surface area (Å²) < 4.78 is 4.95. The normalized spacial score (nSPS) is 11.7. The number of methoxy groups -OCH3 is 1. The fourth-order valence-corrected chi connectivity index (χ4v) is 1.14. The smallest absolute Gasteiger partial charge is 0.242 e. The standard InChI is InChI=1S/C10H16N4O2/c1-4-11-10(15)7(2)14-8-5-9(16-3)13-6-12-8/h5-7H,4H2,1-3H3,(H,11,15)(H,12,13,14). The molecule has 1 aromatic rings. The molecule has 0 aliphatic heterocycles. The van der Waals surface area contributed by atoms with Crippen LogP contribution < -0.4 is 15.4 Å². The van der Waals surface area contributed by atoms with Crippen molar-refractivity contribution in [3.63, 3.8) is 0 Å². The summed E-state index contributed by atoms with van der Waals surface area (Å²) in [5, 5.41) is 5.68. The summed E-state index contributed by atoms with van der Waals surface area (Å²) in [6.07, 6.45) is 1.38. The SMILES string of the molecule is CCNC(=O)C(C)Nc1cc(OC)ncn1. The molecule has 0 aliphatic carbocycles. The van der Waals surface area contributed by atoms with Crippen LogP contribution >= 0.6 is 0 Å². The summed E-state index contributed by atoms with van der Waals surface area (Å²) in [4.78, 5) is 19.3. The van der Waals surface area contributed by atoms with Crippen LogP contribution in [0.3, 0.4) is 0 Å². The van der Waals surface area contributed by atoms with Gasteiger partial charge < -0.3 is 15.4 Å². The third-order valence-electron chi connectivity index (χ3n) is 1.96. The molecule has 88 valence electrons. The highest BCUT2D eigenvalue weighted by molar-refractivity contribution is 5.83. The molecule has 0 saturated carbocycles. The van der Waals surface area contributed by atoms with Crippen LogP contribution in [-0.2, 0) is 4.79 Å². The maximum Gasteiger partial charge on any atom is 0.242 e. The van der Waals surface area contributed by atoms with E-state index in [-0.39, 0.29) is 11.9 Å². The number of nitrogens with one attached hydrogen (secondary N) is 2. The van der Waals surface area contributed by atoms with Crippen LogP contribution in [0.4, 0.5) is 5.82 Å². The first kappa shape index (κ1) is 12.2. The van der Waals surface area contributed by atoms with E-state index in [0.717, 1.165) is 0 Å². The van der Waals surface area contributed by atoms with Crippen molar-refractivity contribution in [2.24, 2.45) is 0 Å². The van der Waals surface area contributed by atoms with E-state index in [9.17, 15) is 4.79 Å². The predicted molar refractivity (Wildman–Crippen MR) is 60.4 cm³/mol. The Morgan fingerprint density at radius 2 is 2.31 bits per heavy atom. The van der Waals surface area contributed by atoms with E-state index in [1.54, 1.807) is 13.0 Å². The van der Waals surface area contributed by atoms with Gasteiger partial charge in [-0.05, 0) is 13.8 Å². The first-order valence-corrected chi connectivity index (χ1v) is 5.07. The maximum absolute atomic E-state index is 11.5. The second-order valence-corrected chi connectivity index (χ2v) is 3.21. The fraction of sp³-hybridized carbons (Fsp3) is 0.500. The highest BCUT2D eigenvalue weighted by Crippen LogP contribution is 2.10. The lowest BCUT2D eigenvalue weighted by Crippen LogP contribution is -2.37. The van der Waals surface area contributed by atoms with E-state index in [0.29, 0.717) is 18.2 Å². The molecule has 0 aliphatic rings. The summed E-state index contributed by atoms with van der Waals surface area (Å²) in [6.45, 7) is 4.25. The summed E-state index contributed by atoms with van der Waals surface area (Å²) in [5.41, 5.74) is 0. The Hall–Kier alpha value is -1.85. The Balaban J connectivity index is 2.61. The number of amides is 1. The average molecular weight is 224 g/mol. The second kappa shape index (κ2) is 5.89. The summed E-state index contributed by atoms with van der Waals surface area (Å²) in [5.74, 6) is 0.950. The van der Waals surface area contributed by atoms with Gasteiger partial charge in [0, 0.05) is 12.6 Å². The topological polar surface area (TPSA) is 76.1 Å². The zero-order valence-electron chi connectivity index (χ0n) is 9.65. The first-order valence-electron chi connectivity index (χ1n) is 5.07. The third kappa shape index (κ3) is 3.38. The molecule has 0 radical (unpaired) electrons. The van der Waals surface area contributed by atoms with Crippen LogP contribution in [0, 0.1) is 0 Å². The van der Waals surface area contributed by atoms with Gasteiger partial charge in [0.1, 0.15) is 18.2 Å². The lowest BCUT2D eigenvalue weighted by Gasteiger charge is -2.13. The summed E-state index contributed by atoms with van der Waals surface area (Å²) in [7, 11) is 1.53. The van der Waals surface area contributed by atoms with E-state index in [2.05, 4.69) is 20.6 Å². The van der Waals surface area contributed by atoms with Gasteiger partial charge >= 0.3 is 0 Å². The van der Waals surface area contributed by atoms with Gasteiger partial charge in [0.25, 0.3) is 0 Å². The van der Waals surface area contributed by atoms with Gasteiger partial charge in [0.05, 0.1) is 7.11 Å². The number of hydrogen-bond acceptors (Lipinski definition) is 5. The Morgan fingerprint density at radius 1 is 1.56 bits per heavy atom. The highest BCUT2D eigenvalue weighted by Gasteiger charge is 2.12. The quantitative estimate of drug-likeness (QED) is 0.758. The van der Waals surface area contributed by atoms with Gasteiger partial charge in [-0.2, -0.15) is 0 Å². The minimum atomic E-state index is -0.348. The van der Waals surface area contributed by atoms with Crippen molar-refractivity contribution in [2.45, 2.75) is 19.9 Å². The molecule has 6 nitrogen and oxygen atoms in total. The lowest BCUT2D eigenvalue weighted by atomic mass is 10.3. The molecule has 0 spiro atoms. The molecule has 1 aromatic heterocycles. The number of nitrogens with zero attached hydrogens (tertiary/aromatic N) is 2. The minimum absolute atomic E-state index is 0.0694. The van der Waals surface area contributed by atoms with Gasteiger partial charge in [-0.1, -0.05) is 0 Å². The molecule has 0 aromatic carbocycles. The van der Waals surface area contributed by atoms with E-state index in [1.807, 2.05) is 6.92 Å². The van der Waals surface area contributed by atoms with E-state index >= 15 is 0 Å². The van der Waals surface area contributed by atoms with Crippen molar-refractivity contribution in [3.05, 3.63) is 12.4 Å². The van der Waals surface area contributed by atoms with Crippen molar-refractivity contribution >= 4 is 11.7 Å². The molecule has 0 bridgehead atoms. The van der Waals surface area contributed by atoms with Gasteiger partial charge in [0.15, 0.2) is 0 Å². The van der Waals surface area contributed by atoms with Crippen molar-refractivity contribution in [1.29, 1.82) is 0 Å². The third-order valence-corrected chi connectivity index (χ3v) is 1.96. The summed E-state index contributed by atoms with van der Waals surface area (Å²) >= 11 is 0. The zero-order valence-corrected chi connectivity index (χ0v) is 9.65. The Kier molecular flexibility index (Phi) is 4.50. The molecule has 0 fully saturated rings. The zero-order chi connectivity index (χ0) is 12.0. The molecule has 2 N–H and O–H groups in total. The second-order valence-electron chi connectivity index (χ2n) is 3.21. The van der Waals surface area contributed by atoms with Crippen LogP contribution in [0.5, 0.6) is 5.88 Å². The molecule has 0 saturated heterocycles. The first-order chi connectivity index (χ1) is 7.67. The summed E-state index contributed by atoms with van der Waals surface area (Å²) in [6, 6.07) is 1.29. The molecule has 1 rings (SSSR count). The molecule has 16 heavy (non-hydrogen) atoms. The molecule has 1 amide bonds. The van der Waals surface area contributed by atoms with E-state index in [1.165, 1.54) is 13.4 Å². The predicted octanol–water partition coefficient (Wildman–Crippen LogP) is 0.422. The van der Waals surface area contributed by atoms with Crippen molar-refractivity contribution in [1.82, 2.24) is 15.3 Å². The number of carbonyl (C=O) groups excluding carboxylic acids is 1. The highest BCUT2D eigenvalue weighted by atomic mass is 16.5. The van der Waals surface area contributed by atoms with Crippen molar-refractivity contribution < 1.29 is 9.53 Å². The van der Waals surface area contributed by atoms with Crippen LogP contribution in [0.25, 0.3) is 0 Å². The van der Waals surface area contributed by atoms with Gasteiger partial charge in [-0.25, -0.2) is 9.97 Å². The van der Waals surface area contributed by atoms with Crippen LogP contribution in [0.15, 0.2) is 12.4 Å². The molecular weight excluding hydrogens is 208 g/mol. The maximum atomic E-state index is 11.5. The largest absolute Gasteiger partial charge is 0.481 e. The number of aromatic nitrogens is 2. The number of rotatable bonds is 5. The number of likely N-dealkylation sites (N-methyl/N-ethyl adjacent to an activating group) is 1. The number of anilines is 1. The lowest BCUT2D eigenvalue weighted by molar-refractivity contribution is -0.121. The Labute approximate surface area is 94.4 Å². The van der Waals surface area contributed by atoms with Crippen LogP contribution in [-0.4, -0.2) is 35.6 Å². The van der Waals surface area contributed by atoms with Gasteiger partial charge in [-0.15, -0.1) is 0 Å². The number of ether oxygens (including phenoxy) is 1. The van der Waals surface area contributed by atoms with Crippen molar-refractivity contribution in [3.8, 4) is 5.88 Å². The van der Waals surface area contributed by atoms with Gasteiger partial charge in [0.2, 0.25) is 11.8 Å². The average Bonchev–Trinajstić information content (AvgIpc) is 2.29. The fourth-order valence-electron chi connectivity index (χ4n) is 1.14. The van der Waals surface area contributed by atoms with Crippen LogP contribution in [0.1, 0.15) is 13.8 Å². The molecular formula is C10H16N4O2. The molecule has 1 unspecified atom stereocenters. The van der Waals surface area contributed by atoms with Crippen LogP contribution in [0.2, 0.25) is 0 Å². The van der Waals surface area contributed by atoms with E-state index in [4.69, 9.17) is 4.74 Å². The Morgan fingerprint density at radius 3 is 2.94 bits per heavy atom. The monoisotopic (exact) mass is 224 g/mol. The molecule has 1 atom stereocenters. The Bertz CT molecular complexity index is 356. The number of carbonyl (C=O) groups is 1. The minimum Gasteiger partial charge on any atom is -0.481 e.